The molecule has 0 saturated carbocycles. The van der Waals surface area contributed by atoms with Crippen LogP contribution in [-0.2, 0) is 10.0 Å². The Bertz CT molecular complexity index is 867. The summed E-state index contributed by atoms with van der Waals surface area (Å²) in [5.41, 5.74) is 1.15. The molecule has 0 N–H and O–H groups in total. The molecule has 0 spiro atoms. The maximum atomic E-state index is 12.9. The second-order valence-electron chi connectivity index (χ2n) is 5.64. The van der Waals surface area contributed by atoms with Gasteiger partial charge in [-0.15, -0.1) is 11.8 Å². The van der Waals surface area contributed by atoms with E-state index in [1.54, 1.807) is 17.8 Å². The minimum atomic E-state index is -3.65. The van der Waals surface area contributed by atoms with Gasteiger partial charge < -0.3 is 4.90 Å². The number of halogens is 2. The molecule has 1 heterocycles. The highest BCUT2D eigenvalue weighted by molar-refractivity contribution is 7.98. The smallest absolute Gasteiger partial charge is 0.244 e. The first-order valence-corrected chi connectivity index (χ1v) is 11.2. The second-order valence-corrected chi connectivity index (χ2v) is 9.24. The van der Waals surface area contributed by atoms with Gasteiger partial charge in [0.15, 0.2) is 0 Å². The molecule has 2 aromatic carbocycles. The molecule has 1 fully saturated rings. The fraction of sp³-hybridized carbons (Fsp3) is 0.294. The molecule has 0 bridgehead atoms. The third-order valence-corrected chi connectivity index (χ3v) is 7.58. The lowest BCUT2D eigenvalue weighted by atomic mass is 10.2. The Kier molecular flexibility index (Phi) is 5.85. The molecule has 134 valence electrons. The van der Waals surface area contributed by atoms with Crippen molar-refractivity contribution in [2.24, 2.45) is 0 Å². The van der Waals surface area contributed by atoms with Gasteiger partial charge in [0.1, 0.15) is 4.90 Å². The van der Waals surface area contributed by atoms with Gasteiger partial charge in [-0.05, 0) is 36.6 Å². The molecule has 0 aliphatic carbocycles. The van der Waals surface area contributed by atoms with E-state index >= 15 is 0 Å². The number of anilines is 1. The number of hydrogen-bond donors (Lipinski definition) is 0. The lowest BCUT2D eigenvalue weighted by Crippen LogP contribution is -2.48. The number of thioether (sulfide) groups is 1. The van der Waals surface area contributed by atoms with E-state index in [9.17, 15) is 8.42 Å². The topological polar surface area (TPSA) is 40.6 Å². The first-order valence-electron chi connectivity index (χ1n) is 7.76. The van der Waals surface area contributed by atoms with Crippen LogP contribution in [0.5, 0.6) is 0 Å². The highest BCUT2D eigenvalue weighted by Gasteiger charge is 2.30. The summed E-state index contributed by atoms with van der Waals surface area (Å²) < 4.78 is 27.2. The Morgan fingerprint density at radius 2 is 1.68 bits per heavy atom. The van der Waals surface area contributed by atoms with Gasteiger partial charge >= 0.3 is 0 Å². The van der Waals surface area contributed by atoms with Crippen LogP contribution < -0.4 is 4.90 Å². The largest absolute Gasteiger partial charge is 0.368 e. The number of nitrogens with zero attached hydrogens (tertiary/aromatic N) is 2. The molecule has 1 saturated heterocycles. The van der Waals surface area contributed by atoms with Crippen LogP contribution in [0.2, 0.25) is 10.0 Å². The molecule has 0 amide bonds. The Morgan fingerprint density at radius 1 is 1.00 bits per heavy atom. The first kappa shape index (κ1) is 18.9. The maximum absolute atomic E-state index is 12.9. The zero-order valence-corrected chi connectivity index (χ0v) is 16.8. The van der Waals surface area contributed by atoms with Crippen molar-refractivity contribution in [2.45, 2.75) is 9.79 Å². The molecule has 1 aliphatic rings. The van der Waals surface area contributed by atoms with Gasteiger partial charge in [-0.1, -0.05) is 35.3 Å². The summed E-state index contributed by atoms with van der Waals surface area (Å²) in [5, 5.41) is 0.551. The van der Waals surface area contributed by atoms with Crippen LogP contribution in [0.15, 0.2) is 52.3 Å². The summed E-state index contributed by atoms with van der Waals surface area (Å²) in [6, 6.07) is 12.7. The van der Waals surface area contributed by atoms with Crippen molar-refractivity contribution in [2.75, 3.05) is 37.3 Å². The summed E-state index contributed by atoms with van der Waals surface area (Å²) >= 11 is 13.7. The van der Waals surface area contributed by atoms with Crippen molar-refractivity contribution in [3.8, 4) is 0 Å². The van der Waals surface area contributed by atoms with E-state index in [0.29, 0.717) is 31.2 Å². The van der Waals surface area contributed by atoms with E-state index in [0.717, 1.165) is 5.69 Å². The van der Waals surface area contributed by atoms with E-state index in [1.807, 2.05) is 18.4 Å². The standard InChI is InChI=1S/C17H18Cl2N2O2S2/c1-24-16-5-3-2-4-15(16)20-8-10-21(11-9-20)25(22,23)17-12-13(18)6-7-14(17)19/h2-7,12H,8-11H2,1H3. The van der Waals surface area contributed by atoms with Crippen LogP contribution in [0.25, 0.3) is 0 Å². The SMILES string of the molecule is CSc1ccccc1N1CCN(S(=O)(=O)c2cc(Cl)ccc2Cl)CC1. The molecular formula is C17H18Cl2N2O2S2. The second kappa shape index (κ2) is 7.76. The number of sulfonamides is 1. The van der Waals surface area contributed by atoms with E-state index < -0.39 is 10.0 Å². The number of benzene rings is 2. The summed E-state index contributed by atoms with van der Waals surface area (Å²) in [5.74, 6) is 0. The van der Waals surface area contributed by atoms with Crippen LogP contribution in [0.3, 0.4) is 0 Å². The predicted octanol–water partition coefficient (Wildman–Crippen LogP) is 4.23. The first-order chi connectivity index (χ1) is 11.9. The van der Waals surface area contributed by atoms with E-state index in [-0.39, 0.29) is 9.92 Å². The third kappa shape index (κ3) is 3.93. The van der Waals surface area contributed by atoms with Gasteiger partial charge in [0.2, 0.25) is 10.0 Å². The van der Waals surface area contributed by atoms with Gasteiger partial charge in [-0.2, -0.15) is 4.31 Å². The monoisotopic (exact) mass is 416 g/mol. The molecule has 0 unspecified atom stereocenters. The zero-order valence-electron chi connectivity index (χ0n) is 13.7. The average Bonchev–Trinajstić information content (AvgIpc) is 2.63. The Hall–Kier alpha value is -0.920. The minimum Gasteiger partial charge on any atom is -0.368 e. The third-order valence-electron chi connectivity index (χ3n) is 4.18. The fourth-order valence-corrected chi connectivity index (χ4v) is 5.65. The van der Waals surface area contributed by atoms with Gasteiger partial charge in [-0.3, -0.25) is 0 Å². The average molecular weight is 417 g/mol. The van der Waals surface area contributed by atoms with Crippen LogP contribution in [0.4, 0.5) is 5.69 Å². The Balaban J connectivity index is 1.79. The molecular weight excluding hydrogens is 399 g/mol. The van der Waals surface area contributed by atoms with E-state index in [1.165, 1.54) is 21.3 Å². The maximum Gasteiger partial charge on any atom is 0.244 e. The highest BCUT2D eigenvalue weighted by atomic mass is 35.5. The van der Waals surface area contributed by atoms with Crippen molar-refractivity contribution in [1.82, 2.24) is 4.31 Å². The number of rotatable bonds is 4. The molecule has 0 radical (unpaired) electrons. The molecule has 0 atom stereocenters. The molecule has 25 heavy (non-hydrogen) atoms. The van der Waals surface area contributed by atoms with Crippen LogP contribution in [0.1, 0.15) is 0 Å². The molecule has 3 rings (SSSR count). The van der Waals surface area contributed by atoms with Gasteiger partial charge in [0.25, 0.3) is 0 Å². The lowest BCUT2D eigenvalue weighted by Gasteiger charge is -2.36. The predicted molar refractivity (Wildman–Crippen MR) is 106 cm³/mol. The quantitative estimate of drug-likeness (QED) is 0.699. The van der Waals surface area contributed by atoms with Crippen molar-refractivity contribution in [3.63, 3.8) is 0 Å². The van der Waals surface area contributed by atoms with Crippen molar-refractivity contribution < 1.29 is 8.42 Å². The number of piperazine rings is 1. The van der Waals surface area contributed by atoms with Gasteiger partial charge in [-0.25, -0.2) is 8.42 Å². The summed E-state index contributed by atoms with van der Waals surface area (Å²) in [4.78, 5) is 3.48. The summed E-state index contributed by atoms with van der Waals surface area (Å²) in [6.45, 7) is 2.09. The van der Waals surface area contributed by atoms with Crippen molar-refractivity contribution in [3.05, 3.63) is 52.5 Å². The van der Waals surface area contributed by atoms with Gasteiger partial charge in [0, 0.05) is 36.1 Å². The van der Waals surface area contributed by atoms with Crippen molar-refractivity contribution in [1.29, 1.82) is 0 Å². The van der Waals surface area contributed by atoms with Crippen LogP contribution in [-0.4, -0.2) is 45.2 Å². The van der Waals surface area contributed by atoms with Crippen LogP contribution in [0, 0.1) is 0 Å². The Labute approximate surface area is 162 Å². The Morgan fingerprint density at radius 3 is 2.36 bits per heavy atom. The molecule has 4 nitrogen and oxygen atoms in total. The zero-order chi connectivity index (χ0) is 18.0. The fourth-order valence-electron chi connectivity index (χ4n) is 2.87. The lowest BCUT2D eigenvalue weighted by molar-refractivity contribution is 0.384. The highest BCUT2D eigenvalue weighted by Crippen LogP contribution is 2.31. The molecule has 8 heteroatoms. The minimum absolute atomic E-state index is 0.0691. The van der Waals surface area contributed by atoms with E-state index in [4.69, 9.17) is 23.2 Å². The summed E-state index contributed by atoms with van der Waals surface area (Å²) in [7, 11) is -3.65. The molecule has 0 aromatic heterocycles. The molecule has 2 aromatic rings. The van der Waals surface area contributed by atoms with Crippen LogP contribution >= 0.6 is 35.0 Å². The number of para-hydroxylation sites is 1. The van der Waals surface area contributed by atoms with Crippen molar-refractivity contribution >= 4 is 50.7 Å². The summed E-state index contributed by atoms with van der Waals surface area (Å²) in [6.07, 6.45) is 2.04. The normalized spacial score (nSPS) is 16.2. The van der Waals surface area contributed by atoms with E-state index in [2.05, 4.69) is 17.0 Å². The number of hydrogen-bond acceptors (Lipinski definition) is 4. The molecule has 1 aliphatic heterocycles. The van der Waals surface area contributed by atoms with Gasteiger partial charge in [0.05, 0.1) is 10.7 Å².